The molecule has 1 saturated carbocycles. The number of hydrogen-bond donors (Lipinski definition) is 2. The second-order valence-electron chi connectivity index (χ2n) is 5.69. The Labute approximate surface area is 110 Å². The van der Waals surface area contributed by atoms with Crippen LogP contribution in [0.25, 0.3) is 0 Å². The number of hydrogen-bond acceptors (Lipinski definition) is 4. The zero-order valence-corrected chi connectivity index (χ0v) is 11.8. The molecule has 0 bridgehead atoms. The number of nitrogens with zero attached hydrogens (tertiary/aromatic N) is 1. The third-order valence-corrected chi connectivity index (χ3v) is 5.17. The van der Waals surface area contributed by atoms with E-state index in [0.717, 1.165) is 32.2 Å². The first kappa shape index (κ1) is 14.2. The maximum atomic E-state index is 11.5. The van der Waals surface area contributed by atoms with Crippen LogP contribution in [0.5, 0.6) is 0 Å². The number of aliphatic hydroxyl groups is 1. The van der Waals surface area contributed by atoms with E-state index in [1.807, 2.05) is 0 Å². The minimum absolute atomic E-state index is 0.223. The highest BCUT2D eigenvalue weighted by molar-refractivity contribution is 7.88. The molecule has 2 unspecified atom stereocenters. The lowest BCUT2D eigenvalue weighted by molar-refractivity contribution is 0.144. The Hall–Kier alpha value is -0.170. The third kappa shape index (κ3) is 4.19. The number of piperidine rings is 1. The first-order valence-electron chi connectivity index (χ1n) is 6.80. The SMILES string of the molecule is CS(=O)(=O)N1CCCC(CNCC(O)C2CC2)C1. The molecule has 0 radical (unpaired) electrons. The van der Waals surface area contributed by atoms with Crippen molar-refractivity contribution in [3.8, 4) is 0 Å². The van der Waals surface area contributed by atoms with Gasteiger partial charge in [-0.3, -0.25) is 0 Å². The van der Waals surface area contributed by atoms with Crippen LogP contribution in [0.15, 0.2) is 0 Å². The fraction of sp³-hybridized carbons (Fsp3) is 1.00. The van der Waals surface area contributed by atoms with Gasteiger partial charge in [0.1, 0.15) is 0 Å². The molecule has 2 rings (SSSR count). The van der Waals surface area contributed by atoms with E-state index in [0.29, 0.717) is 31.5 Å². The molecular formula is C12H24N2O3S. The summed E-state index contributed by atoms with van der Waals surface area (Å²) >= 11 is 0. The van der Waals surface area contributed by atoms with E-state index < -0.39 is 10.0 Å². The van der Waals surface area contributed by atoms with Gasteiger partial charge in [-0.15, -0.1) is 0 Å². The molecule has 18 heavy (non-hydrogen) atoms. The number of sulfonamides is 1. The van der Waals surface area contributed by atoms with Gasteiger partial charge in [0.25, 0.3) is 0 Å². The van der Waals surface area contributed by atoms with E-state index in [4.69, 9.17) is 0 Å². The van der Waals surface area contributed by atoms with Crippen LogP contribution < -0.4 is 5.32 Å². The highest BCUT2D eigenvalue weighted by Gasteiger charge is 2.30. The molecule has 1 saturated heterocycles. The molecule has 1 aliphatic heterocycles. The van der Waals surface area contributed by atoms with Crippen molar-refractivity contribution in [2.24, 2.45) is 11.8 Å². The van der Waals surface area contributed by atoms with E-state index in [2.05, 4.69) is 5.32 Å². The van der Waals surface area contributed by atoms with Crippen molar-refractivity contribution in [1.29, 1.82) is 0 Å². The van der Waals surface area contributed by atoms with Crippen LogP contribution in [0.1, 0.15) is 25.7 Å². The second-order valence-corrected chi connectivity index (χ2v) is 7.67. The van der Waals surface area contributed by atoms with Crippen molar-refractivity contribution in [3.63, 3.8) is 0 Å². The molecular weight excluding hydrogens is 252 g/mol. The highest BCUT2D eigenvalue weighted by atomic mass is 32.2. The van der Waals surface area contributed by atoms with E-state index in [1.54, 1.807) is 4.31 Å². The summed E-state index contributed by atoms with van der Waals surface area (Å²) in [6.07, 6.45) is 5.35. The molecule has 2 fully saturated rings. The Balaban J connectivity index is 1.69. The lowest BCUT2D eigenvalue weighted by Crippen LogP contribution is -2.43. The number of rotatable bonds is 6. The first-order chi connectivity index (χ1) is 8.47. The fourth-order valence-electron chi connectivity index (χ4n) is 2.58. The first-order valence-corrected chi connectivity index (χ1v) is 8.65. The van der Waals surface area contributed by atoms with Crippen molar-refractivity contribution < 1.29 is 13.5 Å². The van der Waals surface area contributed by atoms with Gasteiger partial charge in [-0.2, -0.15) is 0 Å². The van der Waals surface area contributed by atoms with E-state index >= 15 is 0 Å². The van der Waals surface area contributed by atoms with Gasteiger partial charge < -0.3 is 10.4 Å². The third-order valence-electron chi connectivity index (χ3n) is 3.90. The Morgan fingerprint density at radius 1 is 1.39 bits per heavy atom. The lowest BCUT2D eigenvalue weighted by Gasteiger charge is -2.31. The van der Waals surface area contributed by atoms with Crippen LogP contribution in [-0.4, -0.2) is 56.4 Å². The highest BCUT2D eigenvalue weighted by Crippen LogP contribution is 2.32. The van der Waals surface area contributed by atoms with Gasteiger partial charge in [-0.25, -0.2) is 12.7 Å². The Morgan fingerprint density at radius 3 is 2.72 bits per heavy atom. The molecule has 0 aromatic carbocycles. The summed E-state index contributed by atoms with van der Waals surface area (Å²) < 4.78 is 24.5. The maximum Gasteiger partial charge on any atom is 0.211 e. The topological polar surface area (TPSA) is 69.6 Å². The van der Waals surface area contributed by atoms with Crippen LogP contribution in [-0.2, 0) is 10.0 Å². The molecule has 0 amide bonds. The van der Waals surface area contributed by atoms with Gasteiger partial charge in [0.2, 0.25) is 10.0 Å². The smallest absolute Gasteiger partial charge is 0.211 e. The van der Waals surface area contributed by atoms with Crippen LogP contribution in [0.3, 0.4) is 0 Å². The fourth-order valence-corrected chi connectivity index (χ4v) is 3.52. The summed E-state index contributed by atoms with van der Waals surface area (Å²) in [6, 6.07) is 0. The molecule has 0 aromatic heterocycles. The van der Waals surface area contributed by atoms with E-state index in [-0.39, 0.29) is 6.10 Å². The molecule has 2 aliphatic rings. The largest absolute Gasteiger partial charge is 0.392 e. The number of aliphatic hydroxyl groups excluding tert-OH is 1. The van der Waals surface area contributed by atoms with Crippen LogP contribution in [0.2, 0.25) is 0 Å². The number of nitrogens with one attached hydrogen (secondary N) is 1. The van der Waals surface area contributed by atoms with Crippen molar-refractivity contribution in [1.82, 2.24) is 9.62 Å². The molecule has 2 N–H and O–H groups in total. The predicted molar refractivity (Wildman–Crippen MR) is 70.7 cm³/mol. The van der Waals surface area contributed by atoms with Gasteiger partial charge in [-0.05, 0) is 44.1 Å². The summed E-state index contributed by atoms with van der Waals surface area (Å²) in [4.78, 5) is 0. The molecule has 6 heteroatoms. The van der Waals surface area contributed by atoms with Crippen molar-refractivity contribution >= 4 is 10.0 Å². The van der Waals surface area contributed by atoms with Gasteiger partial charge >= 0.3 is 0 Å². The van der Waals surface area contributed by atoms with Gasteiger partial charge in [0, 0.05) is 19.6 Å². The standard InChI is InChI=1S/C12H24N2O3S/c1-18(16,17)14-6-2-3-10(9-14)7-13-8-12(15)11-4-5-11/h10-13,15H,2-9H2,1H3. The molecule has 1 heterocycles. The van der Waals surface area contributed by atoms with Crippen molar-refractivity contribution in [3.05, 3.63) is 0 Å². The Kier molecular flexibility index (Phi) is 4.64. The van der Waals surface area contributed by atoms with Crippen LogP contribution in [0, 0.1) is 11.8 Å². The minimum Gasteiger partial charge on any atom is -0.392 e. The summed E-state index contributed by atoms with van der Waals surface area (Å²) in [7, 11) is -3.05. The lowest BCUT2D eigenvalue weighted by atomic mass is 9.99. The monoisotopic (exact) mass is 276 g/mol. The van der Waals surface area contributed by atoms with Gasteiger partial charge in [0.15, 0.2) is 0 Å². The zero-order chi connectivity index (χ0) is 13.2. The van der Waals surface area contributed by atoms with Crippen LogP contribution >= 0.6 is 0 Å². The zero-order valence-electron chi connectivity index (χ0n) is 11.0. The normalized spacial score (nSPS) is 28.2. The maximum absolute atomic E-state index is 11.5. The Morgan fingerprint density at radius 2 is 2.11 bits per heavy atom. The molecule has 2 atom stereocenters. The average Bonchev–Trinajstić information content (AvgIpc) is 3.12. The molecule has 1 aliphatic carbocycles. The minimum atomic E-state index is -3.05. The second kappa shape index (κ2) is 5.86. The summed E-state index contributed by atoms with van der Waals surface area (Å²) in [5, 5.41) is 13.0. The van der Waals surface area contributed by atoms with E-state index in [1.165, 1.54) is 6.26 Å². The van der Waals surface area contributed by atoms with Gasteiger partial charge in [0.05, 0.1) is 12.4 Å². The Bertz CT molecular complexity index is 368. The summed E-state index contributed by atoms with van der Waals surface area (Å²) in [5.74, 6) is 0.872. The van der Waals surface area contributed by atoms with Gasteiger partial charge in [-0.1, -0.05) is 0 Å². The predicted octanol–water partition coefficient (Wildman–Crippen LogP) is 0.0185. The van der Waals surface area contributed by atoms with Crippen molar-refractivity contribution in [2.75, 3.05) is 32.4 Å². The molecule has 106 valence electrons. The van der Waals surface area contributed by atoms with Crippen LogP contribution in [0.4, 0.5) is 0 Å². The molecule has 0 spiro atoms. The molecule has 0 aromatic rings. The summed E-state index contributed by atoms with van der Waals surface area (Å²) in [5.41, 5.74) is 0. The molecule has 5 nitrogen and oxygen atoms in total. The van der Waals surface area contributed by atoms with E-state index in [9.17, 15) is 13.5 Å². The quantitative estimate of drug-likeness (QED) is 0.717. The summed E-state index contributed by atoms with van der Waals surface area (Å²) in [6.45, 7) is 2.71. The van der Waals surface area contributed by atoms with Crippen molar-refractivity contribution in [2.45, 2.75) is 31.8 Å². The average molecular weight is 276 g/mol.